The lowest BCUT2D eigenvalue weighted by Gasteiger charge is -2.18. The van der Waals surface area contributed by atoms with E-state index in [4.69, 9.17) is 19.2 Å². The van der Waals surface area contributed by atoms with Gasteiger partial charge in [0, 0.05) is 32.0 Å². The summed E-state index contributed by atoms with van der Waals surface area (Å²) in [7, 11) is 3.32. The number of amides is 1. The Morgan fingerprint density at radius 2 is 1.77 bits per heavy atom. The first kappa shape index (κ1) is 27.3. The van der Waals surface area contributed by atoms with Gasteiger partial charge in [-0.15, -0.1) is 6.58 Å². The van der Waals surface area contributed by atoms with Gasteiger partial charge >= 0.3 is 0 Å². The normalized spacial score (nSPS) is 15.0. The Morgan fingerprint density at radius 1 is 0.975 bits per heavy atom. The second-order valence-corrected chi connectivity index (χ2v) is 10.2. The molecule has 7 heteroatoms. The predicted molar refractivity (Wildman–Crippen MR) is 157 cm³/mol. The van der Waals surface area contributed by atoms with Crippen LogP contribution in [0.2, 0.25) is 0 Å². The van der Waals surface area contributed by atoms with Crippen molar-refractivity contribution in [2.75, 3.05) is 27.4 Å². The number of hydrogen-bond acceptors (Lipinski definition) is 5. The number of benzene rings is 3. The molecule has 1 amide bonds. The number of likely N-dealkylation sites (tertiary alicyclic amines) is 1. The molecule has 1 aromatic heterocycles. The van der Waals surface area contributed by atoms with E-state index in [0.717, 1.165) is 71.0 Å². The minimum Gasteiger partial charge on any atom is -0.497 e. The van der Waals surface area contributed by atoms with Crippen molar-refractivity contribution in [3.05, 3.63) is 96.3 Å². The van der Waals surface area contributed by atoms with Crippen molar-refractivity contribution in [1.29, 1.82) is 0 Å². The van der Waals surface area contributed by atoms with Crippen LogP contribution in [0.4, 0.5) is 0 Å². The fraction of sp³-hybridized carbons (Fsp3) is 0.333. The first-order valence-electron chi connectivity index (χ1n) is 13.9. The lowest BCUT2D eigenvalue weighted by molar-refractivity contribution is -0.128. The minimum atomic E-state index is 0.0627. The van der Waals surface area contributed by atoms with Crippen LogP contribution in [0.15, 0.2) is 79.4 Å². The molecule has 1 fully saturated rings. The van der Waals surface area contributed by atoms with E-state index in [1.165, 1.54) is 0 Å². The smallest absolute Gasteiger partial charge is 0.223 e. The highest BCUT2D eigenvalue weighted by Crippen LogP contribution is 2.32. The summed E-state index contributed by atoms with van der Waals surface area (Å²) in [5, 5.41) is 0. The number of unbranched alkanes of at least 4 members (excludes halogenated alkanes) is 1. The number of nitrogens with zero attached hydrogens (tertiary/aromatic N) is 3. The van der Waals surface area contributed by atoms with E-state index in [-0.39, 0.29) is 11.8 Å². The fourth-order valence-electron chi connectivity index (χ4n) is 5.37. The molecule has 0 spiro atoms. The molecule has 1 unspecified atom stereocenters. The largest absolute Gasteiger partial charge is 0.497 e. The van der Waals surface area contributed by atoms with Crippen LogP contribution in [-0.4, -0.2) is 47.7 Å². The van der Waals surface area contributed by atoms with Crippen LogP contribution in [0.3, 0.4) is 0 Å². The van der Waals surface area contributed by atoms with Crippen molar-refractivity contribution in [1.82, 2.24) is 14.5 Å². The second-order valence-electron chi connectivity index (χ2n) is 10.2. The molecule has 0 saturated carbocycles. The summed E-state index contributed by atoms with van der Waals surface area (Å²) < 4.78 is 19.2. The number of hydrogen-bond donors (Lipinski definition) is 0. The number of methoxy groups -OCH3 is 2. The van der Waals surface area contributed by atoms with E-state index in [2.05, 4.69) is 17.2 Å². The van der Waals surface area contributed by atoms with Crippen LogP contribution in [0.25, 0.3) is 11.0 Å². The maximum atomic E-state index is 13.0. The first-order chi connectivity index (χ1) is 19.6. The predicted octanol–water partition coefficient (Wildman–Crippen LogP) is 6.16. The molecule has 2 heterocycles. The zero-order valence-corrected chi connectivity index (χ0v) is 23.3. The number of aromatic nitrogens is 2. The van der Waals surface area contributed by atoms with Crippen molar-refractivity contribution >= 4 is 16.9 Å². The molecule has 0 bridgehead atoms. The van der Waals surface area contributed by atoms with Crippen LogP contribution < -0.4 is 14.2 Å². The highest BCUT2D eigenvalue weighted by Gasteiger charge is 2.34. The molecule has 1 saturated heterocycles. The molecular weight excluding hydrogens is 502 g/mol. The average Bonchev–Trinajstić information content (AvgIpc) is 3.53. The van der Waals surface area contributed by atoms with E-state index >= 15 is 0 Å². The fourth-order valence-corrected chi connectivity index (χ4v) is 5.37. The van der Waals surface area contributed by atoms with Crippen molar-refractivity contribution < 1.29 is 19.0 Å². The van der Waals surface area contributed by atoms with Gasteiger partial charge in [-0.3, -0.25) is 4.79 Å². The van der Waals surface area contributed by atoms with Crippen LogP contribution in [-0.2, 0) is 24.3 Å². The van der Waals surface area contributed by atoms with Gasteiger partial charge in [-0.2, -0.15) is 0 Å². The van der Waals surface area contributed by atoms with Gasteiger partial charge in [0.1, 0.15) is 11.6 Å². The third-order valence-corrected chi connectivity index (χ3v) is 7.44. The third kappa shape index (κ3) is 6.14. The number of imidazole rings is 1. The van der Waals surface area contributed by atoms with Crippen LogP contribution in [0, 0.1) is 0 Å². The van der Waals surface area contributed by atoms with Crippen molar-refractivity contribution in [3.63, 3.8) is 0 Å². The summed E-state index contributed by atoms with van der Waals surface area (Å²) >= 11 is 0. The van der Waals surface area contributed by atoms with Gasteiger partial charge in [0.2, 0.25) is 5.91 Å². The quantitative estimate of drug-likeness (QED) is 0.150. The van der Waals surface area contributed by atoms with Gasteiger partial charge in [0.15, 0.2) is 11.5 Å². The monoisotopic (exact) mass is 539 g/mol. The van der Waals surface area contributed by atoms with Crippen molar-refractivity contribution in [2.24, 2.45) is 0 Å². The van der Waals surface area contributed by atoms with Crippen LogP contribution in [0.1, 0.15) is 42.1 Å². The summed E-state index contributed by atoms with van der Waals surface area (Å²) in [4.78, 5) is 19.9. The standard InChI is InChI=1S/C33H37N3O4/c1-4-9-24-14-17-30(31(20-24)39-3)40-19-8-7-18-36-29-11-6-5-10-28(29)34-33(36)26-21-32(37)35(23-26)22-25-12-15-27(38-2)16-13-25/h4-6,10-17,20,26H,1,7-9,18-19,21-23H2,2-3H3. The van der Waals surface area contributed by atoms with Gasteiger partial charge in [0.05, 0.1) is 31.9 Å². The van der Waals surface area contributed by atoms with E-state index < -0.39 is 0 Å². The summed E-state index contributed by atoms with van der Waals surface area (Å²) in [6.45, 7) is 6.47. The molecule has 3 aromatic carbocycles. The van der Waals surface area contributed by atoms with Crippen LogP contribution >= 0.6 is 0 Å². The third-order valence-electron chi connectivity index (χ3n) is 7.44. The maximum Gasteiger partial charge on any atom is 0.223 e. The number of carbonyl (C=O) groups is 1. The van der Waals surface area contributed by atoms with Gasteiger partial charge in [-0.25, -0.2) is 4.98 Å². The van der Waals surface area contributed by atoms with E-state index in [1.807, 2.05) is 71.6 Å². The maximum absolute atomic E-state index is 13.0. The van der Waals surface area contributed by atoms with Crippen LogP contribution in [0.5, 0.6) is 17.2 Å². The average molecular weight is 540 g/mol. The van der Waals surface area contributed by atoms with Gasteiger partial charge in [-0.1, -0.05) is 36.4 Å². The number of para-hydroxylation sites is 2. The molecule has 0 N–H and O–H groups in total. The molecule has 1 aliphatic heterocycles. The molecule has 1 atom stereocenters. The minimum absolute atomic E-state index is 0.0627. The zero-order valence-electron chi connectivity index (χ0n) is 23.3. The van der Waals surface area contributed by atoms with Gasteiger partial charge < -0.3 is 23.7 Å². The highest BCUT2D eigenvalue weighted by molar-refractivity contribution is 5.81. The van der Waals surface area contributed by atoms with Gasteiger partial charge in [-0.05, 0) is 66.8 Å². The lowest BCUT2D eigenvalue weighted by atomic mass is 10.1. The number of rotatable bonds is 13. The van der Waals surface area contributed by atoms with E-state index in [1.54, 1.807) is 14.2 Å². The molecule has 4 aromatic rings. The summed E-state index contributed by atoms with van der Waals surface area (Å²) in [6, 6.07) is 22.1. The molecule has 1 aliphatic rings. The lowest BCUT2D eigenvalue weighted by Crippen LogP contribution is -2.24. The summed E-state index contributed by atoms with van der Waals surface area (Å²) in [5.74, 6) is 3.53. The van der Waals surface area contributed by atoms with Crippen molar-refractivity contribution in [2.45, 2.75) is 44.7 Å². The molecule has 5 rings (SSSR count). The number of fused-ring (bicyclic) bond motifs is 1. The Kier molecular flexibility index (Phi) is 8.69. The van der Waals surface area contributed by atoms with Crippen molar-refractivity contribution in [3.8, 4) is 17.2 Å². The molecule has 7 nitrogen and oxygen atoms in total. The molecule has 0 radical (unpaired) electrons. The molecular formula is C33H37N3O4. The van der Waals surface area contributed by atoms with Gasteiger partial charge in [0.25, 0.3) is 0 Å². The SMILES string of the molecule is C=CCc1ccc(OCCCCn2c(C3CC(=O)N(Cc4ccc(OC)cc4)C3)nc3ccccc32)c(OC)c1. The Labute approximate surface area is 236 Å². The topological polar surface area (TPSA) is 65.8 Å². The number of allylic oxidation sites excluding steroid dienone is 1. The van der Waals surface area contributed by atoms with E-state index in [9.17, 15) is 4.79 Å². The zero-order chi connectivity index (χ0) is 27.9. The Hall–Kier alpha value is -4.26. The summed E-state index contributed by atoms with van der Waals surface area (Å²) in [5.41, 5.74) is 4.32. The Morgan fingerprint density at radius 3 is 2.55 bits per heavy atom. The number of aryl methyl sites for hydroxylation is 1. The summed E-state index contributed by atoms with van der Waals surface area (Å²) in [6.07, 6.45) is 4.97. The van der Waals surface area contributed by atoms with E-state index in [0.29, 0.717) is 26.1 Å². The second kappa shape index (κ2) is 12.7. The highest BCUT2D eigenvalue weighted by atomic mass is 16.5. The molecule has 208 valence electrons. The number of carbonyl (C=O) groups excluding carboxylic acids is 1. The Bertz CT molecular complexity index is 1460. The Balaban J connectivity index is 1.23. The number of ether oxygens (including phenoxy) is 3. The first-order valence-corrected chi connectivity index (χ1v) is 13.9. The molecule has 0 aliphatic carbocycles. The molecule has 40 heavy (non-hydrogen) atoms.